The fourth-order valence-corrected chi connectivity index (χ4v) is 4.90. The number of fused-ring (bicyclic) bond motifs is 1. The summed E-state index contributed by atoms with van der Waals surface area (Å²) < 4.78 is 10.7. The molecule has 0 spiro atoms. The van der Waals surface area contributed by atoms with Crippen molar-refractivity contribution in [2.75, 3.05) is 26.3 Å². The lowest BCUT2D eigenvalue weighted by Gasteiger charge is -2.42. The summed E-state index contributed by atoms with van der Waals surface area (Å²) in [7, 11) is 0. The molecule has 3 heterocycles. The Morgan fingerprint density at radius 2 is 1.68 bits per heavy atom. The predicted molar refractivity (Wildman–Crippen MR) is 125 cm³/mol. The molecule has 3 aliphatic rings. The summed E-state index contributed by atoms with van der Waals surface area (Å²) in [4.78, 5) is 39.4. The number of morpholine rings is 1. The highest BCUT2D eigenvalue weighted by Gasteiger charge is 2.62. The molecule has 38 heavy (non-hydrogen) atoms. The lowest BCUT2D eigenvalue weighted by molar-refractivity contribution is -0.315. The van der Waals surface area contributed by atoms with Crippen molar-refractivity contribution in [3.8, 4) is 5.75 Å². The van der Waals surface area contributed by atoms with Crippen LogP contribution >= 0.6 is 0 Å². The first-order chi connectivity index (χ1) is 17.9. The average molecular weight is 530 g/mol. The number of nitrogens with one attached hydrogen (secondary N) is 1. The number of carbonyl (C=O) groups excluding carboxylic acids is 3. The van der Waals surface area contributed by atoms with Crippen molar-refractivity contribution >= 4 is 17.7 Å². The number of amides is 3. The third kappa shape index (κ3) is 4.43. The van der Waals surface area contributed by atoms with Gasteiger partial charge in [-0.3, -0.25) is 24.6 Å². The van der Waals surface area contributed by atoms with Crippen LogP contribution in [0.5, 0.6) is 5.75 Å². The van der Waals surface area contributed by atoms with E-state index in [1.54, 1.807) is 12.1 Å². The Bertz CT molecular complexity index is 1270. The van der Waals surface area contributed by atoms with E-state index in [4.69, 9.17) is 9.47 Å². The number of rotatable bonds is 6. The third-order valence-corrected chi connectivity index (χ3v) is 6.89. The molecule has 13 nitrogen and oxygen atoms in total. The Kier molecular flexibility index (Phi) is 6.47. The quantitative estimate of drug-likeness (QED) is 0.186. The molecule has 5 rings (SSSR count). The number of aliphatic hydroxyl groups is 5. The van der Waals surface area contributed by atoms with E-state index in [2.05, 4.69) is 4.90 Å². The van der Waals surface area contributed by atoms with Crippen molar-refractivity contribution in [1.82, 2.24) is 15.1 Å². The number of imide groups is 1. The molecule has 0 radical (unpaired) electrons. The number of ether oxygens (including phenoxy) is 2. The van der Waals surface area contributed by atoms with Gasteiger partial charge in [0.1, 0.15) is 5.75 Å². The van der Waals surface area contributed by atoms with E-state index in [1.807, 2.05) is 5.32 Å². The molecule has 0 aromatic heterocycles. The van der Waals surface area contributed by atoms with Crippen molar-refractivity contribution in [2.45, 2.75) is 37.0 Å². The first kappa shape index (κ1) is 26.2. The minimum absolute atomic E-state index is 0.0766. The summed E-state index contributed by atoms with van der Waals surface area (Å²) in [6.45, 7) is 3.47. The maximum atomic E-state index is 13.1. The topological polar surface area (TPSA) is 189 Å². The predicted octanol–water partition coefficient (Wildman–Crippen LogP) is -1.63. The zero-order valence-corrected chi connectivity index (χ0v) is 20.2. The van der Waals surface area contributed by atoms with Crippen LogP contribution in [0.1, 0.15) is 39.9 Å². The Labute approximate surface area is 216 Å². The van der Waals surface area contributed by atoms with Gasteiger partial charge in [0.05, 0.1) is 29.9 Å². The molecule has 2 saturated heterocycles. The van der Waals surface area contributed by atoms with E-state index >= 15 is 0 Å². The highest BCUT2D eigenvalue weighted by atomic mass is 16.8. The lowest BCUT2D eigenvalue weighted by Crippen LogP contribution is -2.67. The van der Waals surface area contributed by atoms with E-state index in [0.29, 0.717) is 19.8 Å². The van der Waals surface area contributed by atoms with Gasteiger partial charge < -0.3 is 35.0 Å². The van der Waals surface area contributed by atoms with Gasteiger partial charge in [-0.2, -0.15) is 0 Å². The molecule has 3 amide bonds. The molecule has 1 unspecified atom stereocenters. The highest BCUT2D eigenvalue weighted by Crippen LogP contribution is 2.46. The number of piperidine rings is 1. The number of carbonyl (C=O) groups is 3. The van der Waals surface area contributed by atoms with Crippen LogP contribution in [0.4, 0.5) is 0 Å². The molecule has 2 aromatic carbocycles. The van der Waals surface area contributed by atoms with Gasteiger partial charge in [-0.15, -0.1) is 0 Å². The fourth-order valence-electron chi connectivity index (χ4n) is 4.90. The molecule has 13 heteroatoms. The van der Waals surface area contributed by atoms with E-state index < -0.39 is 53.1 Å². The molecule has 3 aliphatic heterocycles. The molecule has 2 fully saturated rings. The maximum Gasteiger partial charge on any atom is 0.351 e. The van der Waals surface area contributed by atoms with Gasteiger partial charge in [-0.05, 0) is 29.8 Å². The number of nitrogens with zero attached hydrogens (tertiary/aromatic N) is 2. The van der Waals surface area contributed by atoms with Gasteiger partial charge in [-0.1, -0.05) is 18.2 Å². The minimum atomic E-state index is -3.30. The monoisotopic (exact) mass is 529 g/mol. The Morgan fingerprint density at radius 3 is 2.34 bits per heavy atom. The molecule has 6 N–H and O–H groups in total. The van der Waals surface area contributed by atoms with Crippen LogP contribution in [-0.4, -0.2) is 85.1 Å². The van der Waals surface area contributed by atoms with Crippen LogP contribution in [0.3, 0.4) is 0 Å². The SMILES string of the molecule is O=C1CCC(O)(N2C(=O)c3cccc(OC(O)(O)c4ccc(CN5CCOCC5)cc4)c3C2(O)O)C(=O)N1. The van der Waals surface area contributed by atoms with Gasteiger partial charge in [0.2, 0.25) is 11.6 Å². The number of hydrogen-bond donors (Lipinski definition) is 6. The zero-order chi connectivity index (χ0) is 27.3. The van der Waals surface area contributed by atoms with E-state index in [0.717, 1.165) is 18.7 Å². The van der Waals surface area contributed by atoms with E-state index in [-0.39, 0.29) is 22.4 Å². The molecular formula is C25H27N3O10. The van der Waals surface area contributed by atoms with Gasteiger partial charge in [0.25, 0.3) is 17.7 Å². The molecule has 0 bridgehead atoms. The first-order valence-corrected chi connectivity index (χ1v) is 12.0. The summed E-state index contributed by atoms with van der Waals surface area (Å²) in [6.07, 6.45) is -0.947. The van der Waals surface area contributed by atoms with Crippen molar-refractivity contribution in [3.05, 3.63) is 64.7 Å². The molecule has 2 aromatic rings. The van der Waals surface area contributed by atoms with E-state index in [1.165, 1.54) is 30.3 Å². The Balaban J connectivity index is 1.41. The minimum Gasteiger partial charge on any atom is -0.435 e. The summed E-state index contributed by atoms with van der Waals surface area (Å²) >= 11 is 0. The number of hydrogen-bond acceptors (Lipinski definition) is 11. The zero-order valence-electron chi connectivity index (χ0n) is 20.2. The number of benzene rings is 2. The van der Waals surface area contributed by atoms with Crippen molar-refractivity contribution in [1.29, 1.82) is 0 Å². The van der Waals surface area contributed by atoms with Crippen LogP contribution in [-0.2, 0) is 32.8 Å². The average Bonchev–Trinajstić information content (AvgIpc) is 3.08. The van der Waals surface area contributed by atoms with Crippen LogP contribution in [0.2, 0.25) is 0 Å². The van der Waals surface area contributed by atoms with Gasteiger partial charge >= 0.3 is 5.97 Å². The molecule has 0 aliphatic carbocycles. The first-order valence-electron chi connectivity index (χ1n) is 12.0. The summed E-state index contributed by atoms with van der Waals surface area (Å²) in [5.74, 6) is -9.90. The maximum absolute atomic E-state index is 13.1. The van der Waals surface area contributed by atoms with Gasteiger partial charge in [0, 0.05) is 32.5 Å². The summed E-state index contributed by atoms with van der Waals surface area (Å²) in [5.41, 5.74) is -2.90. The second kappa shape index (κ2) is 9.39. The fraction of sp³-hybridized carbons (Fsp3) is 0.400. The van der Waals surface area contributed by atoms with Crippen LogP contribution < -0.4 is 10.1 Å². The second-order valence-corrected chi connectivity index (χ2v) is 9.44. The molecule has 202 valence electrons. The van der Waals surface area contributed by atoms with Crippen LogP contribution in [0.25, 0.3) is 0 Å². The highest BCUT2D eigenvalue weighted by molar-refractivity contribution is 6.07. The third-order valence-electron chi connectivity index (χ3n) is 6.89. The molecule has 0 saturated carbocycles. The van der Waals surface area contributed by atoms with Crippen molar-refractivity contribution < 1.29 is 49.4 Å². The Morgan fingerprint density at radius 1 is 1.00 bits per heavy atom. The lowest BCUT2D eigenvalue weighted by atomic mass is 9.99. The van der Waals surface area contributed by atoms with Gasteiger partial charge in [0.15, 0.2) is 0 Å². The van der Waals surface area contributed by atoms with E-state index in [9.17, 15) is 39.9 Å². The molecular weight excluding hydrogens is 502 g/mol. The van der Waals surface area contributed by atoms with Crippen molar-refractivity contribution in [2.24, 2.45) is 0 Å². The standard InChI is InChI=1S/C25H27N3O10/c29-19-8-9-23(32,22(31)26-19)28-21(30)17-2-1-3-18(20(17)24(28,33)34)38-25(35,36)16-6-4-15(5-7-16)14-27-10-12-37-13-11-27/h1-7,32-36H,8-14H2,(H,26,29,31). The smallest absolute Gasteiger partial charge is 0.351 e. The van der Waals surface area contributed by atoms with Gasteiger partial charge in [-0.25, -0.2) is 4.90 Å². The van der Waals surface area contributed by atoms with Crippen LogP contribution in [0.15, 0.2) is 42.5 Å². The second-order valence-electron chi connectivity index (χ2n) is 9.44. The Hall–Kier alpha value is -3.43. The largest absolute Gasteiger partial charge is 0.435 e. The summed E-state index contributed by atoms with van der Waals surface area (Å²) in [5, 5.41) is 56.3. The summed E-state index contributed by atoms with van der Waals surface area (Å²) in [6, 6.07) is 9.91. The normalized spacial score (nSPS) is 23.8. The van der Waals surface area contributed by atoms with Crippen LogP contribution in [0, 0.1) is 0 Å². The van der Waals surface area contributed by atoms with Crippen molar-refractivity contribution in [3.63, 3.8) is 0 Å². The molecule has 1 atom stereocenters.